The fourth-order valence-electron chi connectivity index (χ4n) is 2.81. The Morgan fingerprint density at radius 2 is 2.17 bits per heavy atom. The van der Waals surface area contributed by atoms with Crippen molar-refractivity contribution in [3.63, 3.8) is 0 Å². The second-order valence-electron chi connectivity index (χ2n) is 6.21. The summed E-state index contributed by atoms with van der Waals surface area (Å²) in [4.78, 5) is 15.5. The molecule has 0 saturated heterocycles. The van der Waals surface area contributed by atoms with Crippen LogP contribution in [0.3, 0.4) is 0 Å². The molecule has 152 valence electrons. The molecular weight excluding hydrogens is 393 g/mol. The van der Waals surface area contributed by atoms with E-state index in [1.54, 1.807) is 49.3 Å². The number of benzene rings is 1. The molecule has 1 unspecified atom stereocenters. The Bertz CT molecular complexity index is 967. The van der Waals surface area contributed by atoms with Gasteiger partial charge in [0.05, 0.1) is 0 Å². The number of alkyl halides is 2. The largest absolute Gasteiger partial charge is 0.283 e. The number of nitrogens with zero attached hydrogens (tertiary/aromatic N) is 3. The number of allylic oxidation sites excluding steroid dienone is 4. The lowest BCUT2D eigenvalue weighted by Crippen LogP contribution is -2.39. The maximum atomic E-state index is 13.7. The molecule has 1 aromatic carbocycles. The van der Waals surface area contributed by atoms with Gasteiger partial charge in [0.25, 0.3) is 5.66 Å². The van der Waals surface area contributed by atoms with Crippen LogP contribution in [-0.4, -0.2) is 17.9 Å². The first-order valence-corrected chi connectivity index (χ1v) is 9.50. The van der Waals surface area contributed by atoms with Gasteiger partial charge in [0.2, 0.25) is 0 Å². The first-order valence-electron chi connectivity index (χ1n) is 8.92. The van der Waals surface area contributed by atoms with E-state index >= 15 is 0 Å². The van der Waals surface area contributed by atoms with Crippen molar-refractivity contribution in [2.24, 2.45) is 10.2 Å². The predicted octanol–water partition coefficient (Wildman–Crippen LogP) is 5.48. The highest BCUT2D eigenvalue weighted by Crippen LogP contribution is 2.36. The van der Waals surface area contributed by atoms with Crippen LogP contribution in [0.25, 0.3) is 5.70 Å². The average Bonchev–Trinajstić information content (AvgIpc) is 2.96. The third-order valence-electron chi connectivity index (χ3n) is 4.34. The predicted molar refractivity (Wildman–Crippen MR) is 117 cm³/mol. The van der Waals surface area contributed by atoms with Crippen LogP contribution in [0.4, 0.5) is 8.78 Å². The second kappa shape index (κ2) is 9.66. The molecule has 0 aliphatic carbocycles. The minimum absolute atomic E-state index is 0.129. The van der Waals surface area contributed by atoms with Gasteiger partial charge in [0, 0.05) is 23.9 Å². The first-order chi connectivity index (χ1) is 13.7. The summed E-state index contributed by atoms with van der Waals surface area (Å²) in [6, 6.07) is 6.01. The second-order valence-corrected chi connectivity index (χ2v) is 6.94. The lowest BCUT2D eigenvalue weighted by molar-refractivity contribution is 0.104. The van der Waals surface area contributed by atoms with E-state index in [1.807, 2.05) is 6.92 Å². The summed E-state index contributed by atoms with van der Waals surface area (Å²) in [7, 11) is 3.25. The molecule has 0 bridgehead atoms. The van der Waals surface area contributed by atoms with Crippen molar-refractivity contribution >= 4 is 20.8 Å². The van der Waals surface area contributed by atoms with Crippen molar-refractivity contribution in [1.29, 1.82) is 0 Å². The van der Waals surface area contributed by atoms with Gasteiger partial charge in [-0.25, -0.2) is 10.4 Å². The van der Waals surface area contributed by atoms with Crippen LogP contribution in [0.1, 0.15) is 31.4 Å². The third-order valence-corrected chi connectivity index (χ3v) is 4.68. The van der Waals surface area contributed by atoms with Gasteiger partial charge in [0.15, 0.2) is 0 Å². The third kappa shape index (κ3) is 5.42. The van der Waals surface area contributed by atoms with Gasteiger partial charge in [-0.05, 0) is 42.3 Å². The fourth-order valence-corrected chi connectivity index (χ4v) is 2.98. The minimum atomic E-state index is -3.04. The Morgan fingerprint density at radius 1 is 1.45 bits per heavy atom. The molecule has 1 aliphatic heterocycles. The molecule has 8 heteroatoms. The number of hydrogen-bond acceptors (Lipinski definition) is 5. The molecule has 0 radical (unpaired) electrons. The summed E-state index contributed by atoms with van der Waals surface area (Å²) >= 11 is 0. The van der Waals surface area contributed by atoms with Gasteiger partial charge in [-0.3, -0.25) is 5.01 Å². The molecule has 5 nitrogen and oxygen atoms in total. The standard InChI is InChI=1S/C21H23F2N4OP/c1-5-19(14(2)15(3)26-28)27(24-4)20-12-7-6-11-18(25-20)16-9-8-10-17(13-16)21(22,23)29/h6-10,12-13,24H,3,5,29H2,1-2,4H3/b19-14+. The average molecular weight is 416 g/mol. The monoisotopic (exact) mass is 416 g/mol. The van der Waals surface area contributed by atoms with Crippen molar-refractivity contribution in [3.05, 3.63) is 87.8 Å². The summed E-state index contributed by atoms with van der Waals surface area (Å²) in [5.41, 5.74) is 5.32. The zero-order chi connectivity index (χ0) is 21.6. The van der Waals surface area contributed by atoms with Crippen LogP contribution in [0.15, 0.2) is 81.9 Å². The zero-order valence-corrected chi connectivity index (χ0v) is 17.7. The molecule has 0 amide bonds. The molecule has 29 heavy (non-hydrogen) atoms. The Labute approximate surface area is 171 Å². The van der Waals surface area contributed by atoms with Gasteiger partial charge in [-0.15, -0.1) is 4.91 Å². The number of aliphatic imine (C=N–C) groups is 1. The van der Waals surface area contributed by atoms with E-state index in [2.05, 4.69) is 27.9 Å². The van der Waals surface area contributed by atoms with E-state index in [0.717, 1.165) is 5.70 Å². The van der Waals surface area contributed by atoms with Gasteiger partial charge >= 0.3 is 0 Å². The first kappa shape index (κ1) is 22.6. The van der Waals surface area contributed by atoms with Crippen LogP contribution in [0.2, 0.25) is 0 Å². The fraction of sp³-hybridized carbons (Fsp3) is 0.238. The number of rotatable bonds is 7. The van der Waals surface area contributed by atoms with Crippen molar-refractivity contribution in [2.45, 2.75) is 25.9 Å². The molecule has 1 heterocycles. The molecule has 2 rings (SSSR count). The lowest BCUT2D eigenvalue weighted by atomic mass is 10.1. The van der Waals surface area contributed by atoms with Gasteiger partial charge in [0.1, 0.15) is 17.2 Å². The Morgan fingerprint density at radius 3 is 2.76 bits per heavy atom. The topological polar surface area (TPSA) is 57.1 Å². The highest BCUT2D eigenvalue weighted by Gasteiger charge is 2.25. The Balaban J connectivity index is 2.54. The van der Waals surface area contributed by atoms with E-state index < -0.39 is 5.66 Å². The smallest absolute Gasteiger partial charge is 0.264 e. The molecule has 1 N–H and O–H groups in total. The van der Waals surface area contributed by atoms with Gasteiger partial charge in [-0.1, -0.05) is 52.7 Å². The highest BCUT2D eigenvalue weighted by atomic mass is 31.0. The van der Waals surface area contributed by atoms with Crippen LogP contribution in [0, 0.1) is 4.91 Å². The maximum Gasteiger partial charge on any atom is 0.283 e. The number of halogens is 2. The van der Waals surface area contributed by atoms with Crippen molar-refractivity contribution in [1.82, 2.24) is 10.4 Å². The van der Waals surface area contributed by atoms with Crippen LogP contribution in [-0.2, 0) is 5.66 Å². The number of nitrogens with one attached hydrogen (secondary N) is 1. The van der Waals surface area contributed by atoms with Crippen molar-refractivity contribution in [3.8, 4) is 0 Å². The molecule has 0 saturated carbocycles. The summed E-state index contributed by atoms with van der Waals surface area (Å²) < 4.78 is 27.4. The van der Waals surface area contributed by atoms with Crippen LogP contribution in [0.5, 0.6) is 0 Å². The molecule has 1 aliphatic rings. The minimum Gasteiger partial charge on any atom is -0.264 e. The number of hydrogen-bond donors (Lipinski definition) is 1. The normalized spacial score (nSPS) is 14.6. The lowest BCUT2D eigenvalue weighted by Gasteiger charge is -2.27. The van der Waals surface area contributed by atoms with Crippen LogP contribution >= 0.6 is 9.24 Å². The highest BCUT2D eigenvalue weighted by molar-refractivity contribution is 7.17. The number of hydrazine groups is 1. The molecule has 0 aromatic heterocycles. The van der Waals surface area contributed by atoms with E-state index in [1.165, 1.54) is 21.4 Å². The SMILES string of the molecule is C=C(N=O)/C(C)=C(\CC)N(NC)C1=NC(c2cccc(C(F)(F)P)c2)=C=CC=C1. The summed E-state index contributed by atoms with van der Waals surface area (Å²) in [6.07, 6.45) is 5.75. The van der Waals surface area contributed by atoms with Crippen molar-refractivity contribution in [2.75, 3.05) is 7.05 Å². The molecule has 1 aromatic rings. The van der Waals surface area contributed by atoms with E-state index in [-0.39, 0.29) is 11.3 Å². The number of amidine groups is 1. The Hall–Kier alpha value is -2.72. The van der Waals surface area contributed by atoms with Gasteiger partial charge in [-0.2, -0.15) is 8.78 Å². The van der Waals surface area contributed by atoms with Crippen LogP contribution < -0.4 is 5.43 Å². The molecule has 0 spiro atoms. The van der Waals surface area contributed by atoms with E-state index in [4.69, 9.17) is 0 Å². The summed E-state index contributed by atoms with van der Waals surface area (Å²) in [5, 5.41) is 4.63. The maximum absolute atomic E-state index is 13.7. The molecule has 1 atom stereocenters. The molecule has 0 fully saturated rings. The van der Waals surface area contributed by atoms with E-state index in [9.17, 15) is 13.7 Å². The van der Waals surface area contributed by atoms with E-state index in [0.29, 0.717) is 29.1 Å². The quantitative estimate of drug-likeness (QED) is 0.211. The van der Waals surface area contributed by atoms with Gasteiger partial charge < -0.3 is 0 Å². The summed E-state index contributed by atoms with van der Waals surface area (Å²) in [5.74, 6) is 0.502. The summed E-state index contributed by atoms with van der Waals surface area (Å²) in [6.45, 7) is 7.36. The molecular formula is C21H23F2N4OP. The van der Waals surface area contributed by atoms with Crippen molar-refractivity contribution < 1.29 is 8.78 Å². The number of nitroso groups, excluding NO2 is 1. The Kier molecular flexibility index (Phi) is 7.52. The zero-order valence-electron chi connectivity index (χ0n) is 16.5.